The molecule has 1 aliphatic heterocycles. The Morgan fingerprint density at radius 1 is 1.23 bits per heavy atom. The smallest absolute Gasteiger partial charge is 0.258 e. The molecule has 0 spiro atoms. The maximum atomic E-state index is 13.5. The Hall–Kier alpha value is -2.77. The summed E-state index contributed by atoms with van der Waals surface area (Å²) in [6, 6.07) is 13.3. The number of hydrogen-bond donors (Lipinski definition) is 1. The van der Waals surface area contributed by atoms with Crippen molar-refractivity contribution < 1.29 is 8.91 Å². The van der Waals surface area contributed by atoms with Crippen molar-refractivity contribution in [2.24, 2.45) is 0 Å². The van der Waals surface area contributed by atoms with Crippen LogP contribution in [0.2, 0.25) is 5.02 Å². The van der Waals surface area contributed by atoms with Gasteiger partial charge in [0.15, 0.2) is 5.11 Å². The minimum Gasteiger partial charge on any atom is -0.351 e. The van der Waals surface area contributed by atoms with E-state index in [1.807, 2.05) is 19.1 Å². The molecule has 1 aromatic heterocycles. The van der Waals surface area contributed by atoms with Crippen LogP contribution in [-0.4, -0.2) is 26.7 Å². The molecule has 0 amide bonds. The first-order valence-corrected chi connectivity index (χ1v) is 10.9. The molecule has 0 saturated carbocycles. The monoisotopic (exact) mass is 456 g/mol. The van der Waals surface area contributed by atoms with Crippen LogP contribution in [0.3, 0.4) is 0 Å². The molecular formula is C23H22ClFN4OS. The summed E-state index contributed by atoms with van der Waals surface area (Å²) in [5, 5.41) is 8.76. The van der Waals surface area contributed by atoms with E-state index in [4.69, 9.17) is 28.3 Å². The van der Waals surface area contributed by atoms with Crippen LogP contribution in [0.5, 0.6) is 0 Å². The molecule has 31 heavy (non-hydrogen) atoms. The highest BCUT2D eigenvalue weighted by Crippen LogP contribution is 2.37. The molecule has 2 aromatic carbocycles. The summed E-state index contributed by atoms with van der Waals surface area (Å²) in [7, 11) is 0. The van der Waals surface area contributed by atoms with E-state index in [0.717, 1.165) is 41.8 Å². The Morgan fingerprint density at radius 3 is 2.71 bits per heavy atom. The molecule has 0 fully saturated rings. The molecular weight excluding hydrogens is 435 g/mol. The summed E-state index contributed by atoms with van der Waals surface area (Å²) in [4.78, 5) is 6.70. The van der Waals surface area contributed by atoms with E-state index in [9.17, 15) is 4.39 Å². The summed E-state index contributed by atoms with van der Waals surface area (Å²) < 4.78 is 19.2. The van der Waals surface area contributed by atoms with Crippen LogP contribution in [-0.2, 0) is 0 Å². The van der Waals surface area contributed by atoms with Crippen molar-refractivity contribution in [1.29, 1.82) is 0 Å². The van der Waals surface area contributed by atoms with E-state index in [1.165, 1.54) is 12.1 Å². The predicted octanol–water partition coefficient (Wildman–Crippen LogP) is 5.99. The molecule has 0 radical (unpaired) electrons. The molecule has 3 aromatic rings. The lowest BCUT2D eigenvalue weighted by molar-refractivity contribution is 0.395. The van der Waals surface area contributed by atoms with Crippen molar-refractivity contribution in [3.8, 4) is 11.4 Å². The number of nitrogens with one attached hydrogen (secondary N) is 1. The molecule has 1 atom stereocenters. The molecule has 8 heteroatoms. The van der Waals surface area contributed by atoms with Gasteiger partial charge >= 0.3 is 0 Å². The fourth-order valence-electron chi connectivity index (χ4n) is 3.63. The Bertz CT molecular complexity index is 1130. The number of hydrogen-bond acceptors (Lipinski definition) is 4. The molecule has 4 rings (SSSR count). The topological polar surface area (TPSA) is 54.2 Å². The minimum absolute atomic E-state index is 0.296. The van der Waals surface area contributed by atoms with Gasteiger partial charge < -0.3 is 14.7 Å². The van der Waals surface area contributed by atoms with Crippen molar-refractivity contribution in [2.45, 2.75) is 32.7 Å². The molecule has 1 aliphatic rings. The summed E-state index contributed by atoms with van der Waals surface area (Å²) in [6.07, 6.45) is 2.04. The zero-order valence-corrected chi connectivity index (χ0v) is 18.8. The standard InChI is InChI=1S/C23H22ClFN4OS/c1-3-4-12-29-14(2)19(20(26-23(29)31)15-8-10-18(25)11-9-15)22-27-21(28-30-22)16-6-5-7-17(24)13-16/h5-11,13,20H,3-4,12H2,1-2H3,(H,26,31). The average Bonchev–Trinajstić information content (AvgIpc) is 3.23. The van der Waals surface area contributed by atoms with Gasteiger partial charge in [0.1, 0.15) is 5.82 Å². The van der Waals surface area contributed by atoms with Gasteiger partial charge in [0.05, 0.1) is 11.6 Å². The Morgan fingerprint density at radius 2 is 2.00 bits per heavy atom. The zero-order valence-electron chi connectivity index (χ0n) is 17.2. The number of nitrogens with zero attached hydrogens (tertiary/aromatic N) is 3. The first-order chi connectivity index (χ1) is 15.0. The second-order valence-corrected chi connectivity index (χ2v) is 8.19. The van der Waals surface area contributed by atoms with Crippen molar-refractivity contribution in [2.75, 3.05) is 6.54 Å². The largest absolute Gasteiger partial charge is 0.351 e. The van der Waals surface area contributed by atoms with Crippen molar-refractivity contribution >= 4 is 34.5 Å². The highest BCUT2D eigenvalue weighted by atomic mass is 35.5. The summed E-state index contributed by atoms with van der Waals surface area (Å²) in [5.74, 6) is 0.539. The summed E-state index contributed by atoms with van der Waals surface area (Å²) in [6.45, 7) is 4.91. The Kier molecular flexibility index (Phi) is 6.34. The normalized spacial score (nSPS) is 16.6. The number of benzene rings is 2. The second kappa shape index (κ2) is 9.16. The maximum absolute atomic E-state index is 13.5. The van der Waals surface area contributed by atoms with E-state index in [2.05, 4.69) is 27.3 Å². The number of aromatic nitrogens is 2. The van der Waals surface area contributed by atoms with Crippen molar-refractivity contribution in [3.05, 3.63) is 76.5 Å². The van der Waals surface area contributed by atoms with Crippen molar-refractivity contribution in [3.63, 3.8) is 0 Å². The van der Waals surface area contributed by atoms with Crippen LogP contribution in [0.15, 0.2) is 58.8 Å². The third-order valence-corrected chi connectivity index (χ3v) is 5.85. The van der Waals surface area contributed by atoms with E-state index in [0.29, 0.717) is 21.9 Å². The molecule has 1 N–H and O–H groups in total. The quantitative estimate of drug-likeness (QED) is 0.459. The van der Waals surface area contributed by atoms with Crippen LogP contribution < -0.4 is 5.32 Å². The molecule has 0 bridgehead atoms. The third-order valence-electron chi connectivity index (χ3n) is 5.27. The van der Waals surface area contributed by atoms with Gasteiger partial charge in [-0.05, 0) is 55.4 Å². The van der Waals surface area contributed by atoms with Crippen LogP contribution in [0.4, 0.5) is 4.39 Å². The number of thiocarbonyl (C=S) groups is 1. The van der Waals surface area contributed by atoms with Gasteiger partial charge in [-0.1, -0.05) is 54.4 Å². The molecule has 5 nitrogen and oxygen atoms in total. The number of rotatable bonds is 6. The molecule has 2 heterocycles. The Labute approximate surface area is 190 Å². The molecule has 160 valence electrons. The van der Waals surface area contributed by atoms with Gasteiger partial charge in [0.25, 0.3) is 5.89 Å². The van der Waals surface area contributed by atoms with Gasteiger partial charge in [-0.2, -0.15) is 4.98 Å². The van der Waals surface area contributed by atoms with Crippen LogP contribution >= 0.6 is 23.8 Å². The lowest BCUT2D eigenvalue weighted by Gasteiger charge is -2.37. The highest BCUT2D eigenvalue weighted by molar-refractivity contribution is 7.80. The SMILES string of the molecule is CCCCN1C(=S)NC(c2ccc(F)cc2)C(c2nc(-c3cccc(Cl)c3)no2)=C1C. The number of halogens is 2. The molecule has 0 aliphatic carbocycles. The minimum atomic E-state index is -0.335. The van der Waals surface area contributed by atoms with Gasteiger partial charge in [-0.25, -0.2) is 4.39 Å². The number of unbranched alkanes of at least 4 members (excludes halogenated alkanes) is 1. The van der Waals surface area contributed by atoms with E-state index < -0.39 is 0 Å². The summed E-state index contributed by atoms with van der Waals surface area (Å²) in [5.41, 5.74) is 3.38. The van der Waals surface area contributed by atoms with Crippen LogP contribution in [0, 0.1) is 5.82 Å². The lowest BCUT2D eigenvalue weighted by Crippen LogP contribution is -2.46. The number of allylic oxidation sites excluding steroid dienone is 1. The van der Waals surface area contributed by atoms with Gasteiger partial charge in [0, 0.05) is 22.8 Å². The van der Waals surface area contributed by atoms with E-state index in [-0.39, 0.29) is 11.9 Å². The predicted molar refractivity (Wildman–Crippen MR) is 124 cm³/mol. The van der Waals surface area contributed by atoms with Crippen LogP contribution in [0.1, 0.15) is 44.2 Å². The highest BCUT2D eigenvalue weighted by Gasteiger charge is 2.33. The molecule has 0 saturated heterocycles. The summed E-state index contributed by atoms with van der Waals surface area (Å²) >= 11 is 11.8. The fraction of sp³-hybridized carbons (Fsp3) is 0.261. The van der Waals surface area contributed by atoms with E-state index >= 15 is 0 Å². The first kappa shape index (κ1) is 21.5. The first-order valence-electron chi connectivity index (χ1n) is 10.1. The van der Waals surface area contributed by atoms with Crippen molar-refractivity contribution in [1.82, 2.24) is 20.4 Å². The third kappa shape index (κ3) is 4.48. The van der Waals surface area contributed by atoms with Gasteiger partial charge in [-0.3, -0.25) is 0 Å². The van der Waals surface area contributed by atoms with Crippen LogP contribution in [0.25, 0.3) is 17.0 Å². The fourth-order valence-corrected chi connectivity index (χ4v) is 4.16. The zero-order chi connectivity index (χ0) is 22.0. The average molecular weight is 457 g/mol. The Balaban J connectivity index is 1.80. The second-order valence-electron chi connectivity index (χ2n) is 7.37. The van der Waals surface area contributed by atoms with Gasteiger partial charge in [-0.15, -0.1) is 0 Å². The van der Waals surface area contributed by atoms with Gasteiger partial charge in [0.2, 0.25) is 5.82 Å². The maximum Gasteiger partial charge on any atom is 0.258 e. The van der Waals surface area contributed by atoms with E-state index in [1.54, 1.807) is 24.3 Å². The lowest BCUT2D eigenvalue weighted by atomic mass is 9.94. The molecule has 1 unspecified atom stereocenters.